The van der Waals surface area contributed by atoms with Crippen LogP contribution in [-0.4, -0.2) is 9.13 Å². The van der Waals surface area contributed by atoms with E-state index in [-0.39, 0.29) is 0 Å². The number of aromatic nitrogens is 2. The molecule has 0 radical (unpaired) electrons. The number of hydrogen-bond acceptors (Lipinski definition) is 1. The lowest BCUT2D eigenvalue weighted by Gasteiger charge is -2.20. The molecule has 51 heavy (non-hydrogen) atoms. The summed E-state index contributed by atoms with van der Waals surface area (Å²) in [4.78, 5) is 0. The van der Waals surface area contributed by atoms with Gasteiger partial charge >= 0.3 is 0 Å². The number of para-hydroxylation sites is 4. The Bertz CT molecular complexity index is 3060. The van der Waals surface area contributed by atoms with Crippen molar-refractivity contribution in [2.45, 2.75) is 12.3 Å². The van der Waals surface area contributed by atoms with E-state index in [0.29, 0.717) is 5.92 Å². The van der Waals surface area contributed by atoms with Crippen LogP contribution in [0.15, 0.2) is 180 Å². The maximum absolute atomic E-state index is 6.60. The number of furan rings is 1. The van der Waals surface area contributed by atoms with Crippen LogP contribution in [0, 0.1) is 0 Å². The lowest BCUT2D eigenvalue weighted by Crippen LogP contribution is -2.02. The van der Waals surface area contributed by atoms with Gasteiger partial charge < -0.3 is 13.6 Å². The van der Waals surface area contributed by atoms with E-state index in [1.165, 1.54) is 49.3 Å². The molecule has 3 heteroatoms. The molecule has 7 aromatic carbocycles. The van der Waals surface area contributed by atoms with Crippen LogP contribution in [0.2, 0.25) is 0 Å². The Kier molecular flexibility index (Phi) is 6.08. The van der Waals surface area contributed by atoms with Gasteiger partial charge in [-0.1, -0.05) is 133 Å². The van der Waals surface area contributed by atoms with Crippen LogP contribution in [0.4, 0.5) is 0 Å². The van der Waals surface area contributed by atoms with E-state index in [4.69, 9.17) is 4.42 Å². The summed E-state index contributed by atoms with van der Waals surface area (Å²) in [5.41, 5.74) is 12.7. The molecule has 0 spiro atoms. The zero-order valence-electron chi connectivity index (χ0n) is 27.8. The minimum absolute atomic E-state index is 0.366. The summed E-state index contributed by atoms with van der Waals surface area (Å²) in [6.45, 7) is 0. The molecule has 0 amide bonds. The molecule has 11 rings (SSSR count). The van der Waals surface area contributed by atoms with E-state index in [1.54, 1.807) is 0 Å². The molecule has 3 nitrogen and oxygen atoms in total. The molecule has 3 aromatic heterocycles. The average molecular weight is 653 g/mol. The first-order chi connectivity index (χ1) is 25.3. The summed E-state index contributed by atoms with van der Waals surface area (Å²) in [6.07, 6.45) is 7.82. The SMILES string of the molecule is C1=CC(c2ccccc2)CC(c2cccc(-n3c4ccccc4c4ccc5c(c6ccccc6n5-c5cccc6c5oc5ccccc56)c43)c2)=C1. The Morgan fingerprint density at radius 2 is 1.25 bits per heavy atom. The summed E-state index contributed by atoms with van der Waals surface area (Å²) in [5, 5.41) is 7.22. The van der Waals surface area contributed by atoms with Crippen LogP contribution in [-0.2, 0) is 0 Å². The molecule has 1 aliphatic carbocycles. The fourth-order valence-electron chi connectivity index (χ4n) is 8.61. The highest BCUT2D eigenvalue weighted by Gasteiger charge is 2.23. The Labute approximate surface area is 294 Å². The maximum atomic E-state index is 6.60. The third-order valence-corrected chi connectivity index (χ3v) is 10.9. The third kappa shape index (κ3) is 4.18. The Balaban J connectivity index is 1.18. The third-order valence-electron chi connectivity index (χ3n) is 10.9. The van der Waals surface area contributed by atoms with Crippen LogP contribution >= 0.6 is 0 Å². The van der Waals surface area contributed by atoms with Gasteiger partial charge in [0.2, 0.25) is 0 Å². The quantitative estimate of drug-likeness (QED) is 0.186. The molecule has 10 aromatic rings. The van der Waals surface area contributed by atoms with Gasteiger partial charge in [-0.2, -0.15) is 0 Å². The zero-order chi connectivity index (χ0) is 33.5. The number of rotatable bonds is 4. The number of benzene rings is 7. The molecule has 1 atom stereocenters. The van der Waals surface area contributed by atoms with Gasteiger partial charge in [-0.05, 0) is 65.6 Å². The first kappa shape index (κ1) is 28.3. The lowest BCUT2D eigenvalue weighted by molar-refractivity contribution is 0.666. The molecule has 1 unspecified atom stereocenters. The predicted octanol–water partition coefficient (Wildman–Crippen LogP) is 12.9. The van der Waals surface area contributed by atoms with Gasteiger partial charge in [0.25, 0.3) is 0 Å². The molecule has 0 fully saturated rings. The van der Waals surface area contributed by atoms with Crippen molar-refractivity contribution in [2.24, 2.45) is 0 Å². The largest absolute Gasteiger partial charge is 0.454 e. The number of allylic oxidation sites excluding steroid dienone is 4. The van der Waals surface area contributed by atoms with E-state index in [0.717, 1.165) is 50.8 Å². The second-order valence-corrected chi connectivity index (χ2v) is 13.7. The Morgan fingerprint density at radius 1 is 0.529 bits per heavy atom. The fourth-order valence-corrected chi connectivity index (χ4v) is 8.61. The molecule has 1 aliphatic rings. The standard InChI is InChI=1S/C48H32N2O/c1-2-13-31(14-3-1)32-15-10-16-33(29-32)34-17-11-18-35(30-34)49-41-23-7-4-19-36(41)38-27-28-43-46(47(38)49)40-21-5-8-24-42(40)50(43)44-25-12-22-39-37-20-6-9-26-45(37)51-48(39)44/h1-28,30,32H,29H2. The lowest BCUT2D eigenvalue weighted by atomic mass is 9.85. The number of fused-ring (bicyclic) bond motifs is 10. The molecule has 0 saturated heterocycles. The van der Waals surface area contributed by atoms with Gasteiger partial charge in [-0.15, -0.1) is 0 Å². The molecule has 0 aliphatic heterocycles. The van der Waals surface area contributed by atoms with Gasteiger partial charge in [-0.3, -0.25) is 0 Å². The predicted molar refractivity (Wildman–Crippen MR) is 213 cm³/mol. The normalized spacial score (nSPS) is 14.8. The summed E-state index contributed by atoms with van der Waals surface area (Å²) in [6, 6.07) is 57.1. The van der Waals surface area contributed by atoms with Crippen LogP contribution in [0.1, 0.15) is 23.5 Å². The van der Waals surface area contributed by atoms with E-state index < -0.39 is 0 Å². The van der Waals surface area contributed by atoms with Crippen molar-refractivity contribution in [1.29, 1.82) is 0 Å². The van der Waals surface area contributed by atoms with Crippen LogP contribution in [0.3, 0.4) is 0 Å². The highest BCUT2D eigenvalue weighted by molar-refractivity contribution is 6.26. The molecule has 0 saturated carbocycles. The molecule has 3 heterocycles. The number of nitrogens with zero attached hydrogens (tertiary/aromatic N) is 2. The Hall–Kier alpha value is -6.58. The van der Waals surface area contributed by atoms with Crippen molar-refractivity contribution in [2.75, 3.05) is 0 Å². The fraction of sp³-hybridized carbons (Fsp3) is 0.0417. The molecular weight excluding hydrogens is 621 g/mol. The first-order valence-corrected chi connectivity index (χ1v) is 17.7. The highest BCUT2D eigenvalue weighted by atomic mass is 16.3. The minimum Gasteiger partial charge on any atom is -0.454 e. The van der Waals surface area contributed by atoms with Crippen molar-refractivity contribution < 1.29 is 4.42 Å². The van der Waals surface area contributed by atoms with Crippen molar-refractivity contribution in [1.82, 2.24) is 9.13 Å². The average Bonchev–Trinajstić information content (AvgIpc) is 3.86. The zero-order valence-corrected chi connectivity index (χ0v) is 27.8. The monoisotopic (exact) mass is 652 g/mol. The molecule has 240 valence electrons. The van der Waals surface area contributed by atoms with E-state index >= 15 is 0 Å². The molecule has 0 bridgehead atoms. The highest BCUT2D eigenvalue weighted by Crippen LogP contribution is 2.44. The maximum Gasteiger partial charge on any atom is 0.159 e. The smallest absolute Gasteiger partial charge is 0.159 e. The number of hydrogen-bond donors (Lipinski definition) is 0. The summed E-state index contributed by atoms with van der Waals surface area (Å²) >= 11 is 0. The molecular formula is C48H32N2O. The first-order valence-electron chi connectivity index (χ1n) is 17.7. The summed E-state index contributed by atoms with van der Waals surface area (Å²) < 4.78 is 11.5. The second kappa shape index (κ2) is 11.0. The van der Waals surface area contributed by atoms with E-state index in [1.807, 2.05) is 6.07 Å². The van der Waals surface area contributed by atoms with Crippen molar-refractivity contribution >= 4 is 71.1 Å². The topological polar surface area (TPSA) is 23.0 Å². The van der Waals surface area contributed by atoms with Crippen LogP contribution in [0.25, 0.3) is 82.5 Å². The van der Waals surface area contributed by atoms with Gasteiger partial charge in [0.15, 0.2) is 5.58 Å². The van der Waals surface area contributed by atoms with Crippen LogP contribution < -0.4 is 0 Å². The van der Waals surface area contributed by atoms with Gasteiger partial charge in [0.05, 0.1) is 27.8 Å². The van der Waals surface area contributed by atoms with Crippen molar-refractivity contribution in [3.8, 4) is 11.4 Å². The van der Waals surface area contributed by atoms with Crippen molar-refractivity contribution in [3.63, 3.8) is 0 Å². The van der Waals surface area contributed by atoms with Crippen molar-refractivity contribution in [3.05, 3.63) is 187 Å². The minimum atomic E-state index is 0.366. The second-order valence-electron chi connectivity index (χ2n) is 13.7. The van der Waals surface area contributed by atoms with Gasteiger partial charge in [0, 0.05) is 43.9 Å². The van der Waals surface area contributed by atoms with E-state index in [9.17, 15) is 0 Å². The summed E-state index contributed by atoms with van der Waals surface area (Å²) in [7, 11) is 0. The molecule has 0 N–H and O–H groups in total. The Morgan fingerprint density at radius 3 is 2.14 bits per heavy atom. The van der Waals surface area contributed by atoms with Gasteiger partial charge in [-0.25, -0.2) is 0 Å². The van der Waals surface area contributed by atoms with E-state index in [2.05, 4.69) is 179 Å². The van der Waals surface area contributed by atoms with Gasteiger partial charge in [0.1, 0.15) is 5.58 Å². The summed E-state index contributed by atoms with van der Waals surface area (Å²) in [5.74, 6) is 0.366. The van der Waals surface area contributed by atoms with Crippen LogP contribution in [0.5, 0.6) is 0 Å².